The van der Waals surface area contributed by atoms with Gasteiger partial charge in [-0.05, 0) is 24.5 Å². The number of amides is 1. The second-order valence-corrected chi connectivity index (χ2v) is 9.86. The molecule has 2 N–H and O–H groups in total. The Kier molecular flexibility index (Phi) is 6.51. The van der Waals surface area contributed by atoms with Crippen molar-refractivity contribution in [2.75, 3.05) is 6.61 Å². The third-order valence-electron chi connectivity index (χ3n) is 5.72. The Bertz CT molecular complexity index is 1550. The maximum Gasteiger partial charge on any atom is 0.305 e. The van der Waals surface area contributed by atoms with Crippen LogP contribution in [0.3, 0.4) is 0 Å². The molecule has 5 rings (SSSR count). The normalized spacial score (nSPS) is 19.4. The van der Waals surface area contributed by atoms with Gasteiger partial charge in [0.25, 0.3) is 5.91 Å². The van der Waals surface area contributed by atoms with Crippen molar-refractivity contribution in [3.63, 3.8) is 0 Å². The number of halogens is 1. The van der Waals surface area contributed by atoms with Gasteiger partial charge < -0.3 is 10.1 Å². The van der Waals surface area contributed by atoms with Crippen LogP contribution in [0.5, 0.6) is 5.88 Å². The summed E-state index contributed by atoms with van der Waals surface area (Å²) in [5, 5.41) is 18.8. The van der Waals surface area contributed by atoms with Gasteiger partial charge in [0.15, 0.2) is 5.65 Å². The number of aromatic nitrogens is 7. The van der Waals surface area contributed by atoms with Crippen molar-refractivity contribution < 1.29 is 22.5 Å². The van der Waals surface area contributed by atoms with Gasteiger partial charge in [0.05, 0.1) is 30.3 Å². The molecule has 13 nitrogen and oxygen atoms in total. The Morgan fingerprint density at radius 3 is 2.92 bits per heavy atom. The topological polar surface area (TPSA) is 154 Å². The van der Waals surface area contributed by atoms with Gasteiger partial charge in [-0.25, -0.2) is 9.67 Å². The van der Waals surface area contributed by atoms with E-state index in [2.05, 4.69) is 25.2 Å². The number of nitrogens with one attached hydrogen (secondary N) is 1. The van der Waals surface area contributed by atoms with Crippen LogP contribution >= 0.6 is 11.6 Å². The molecule has 15 heteroatoms. The maximum atomic E-state index is 13.2. The lowest BCUT2D eigenvalue weighted by Crippen LogP contribution is -2.26. The van der Waals surface area contributed by atoms with Crippen LogP contribution in [0.25, 0.3) is 22.4 Å². The minimum atomic E-state index is -1.71. The van der Waals surface area contributed by atoms with Crippen LogP contribution in [0.2, 0.25) is 5.15 Å². The van der Waals surface area contributed by atoms with Crippen molar-refractivity contribution in [2.24, 2.45) is 25.0 Å². The van der Waals surface area contributed by atoms with Gasteiger partial charge in [0.1, 0.15) is 16.8 Å². The minimum absolute atomic E-state index is 0.0688. The molecule has 190 valence electrons. The minimum Gasteiger partial charge on any atom is -0.493 e. The number of aromatic amines is 1. The van der Waals surface area contributed by atoms with Gasteiger partial charge in [-0.2, -0.15) is 19.4 Å². The smallest absolute Gasteiger partial charge is 0.305 e. The number of H-pyrrole nitrogens is 1. The van der Waals surface area contributed by atoms with Crippen molar-refractivity contribution in [1.82, 2.24) is 34.1 Å². The number of imidazole rings is 1. The van der Waals surface area contributed by atoms with Crippen molar-refractivity contribution in [3.05, 3.63) is 40.9 Å². The first-order valence-electron chi connectivity index (χ1n) is 11.0. The first-order chi connectivity index (χ1) is 17.2. The predicted molar refractivity (Wildman–Crippen MR) is 129 cm³/mol. The first-order valence-corrected chi connectivity index (χ1v) is 12.4. The fourth-order valence-electron chi connectivity index (χ4n) is 4.09. The largest absolute Gasteiger partial charge is 0.493 e. The summed E-state index contributed by atoms with van der Waals surface area (Å²) in [5.74, 6) is -0.588. The third-order valence-corrected chi connectivity index (χ3v) is 6.67. The Hall–Kier alpha value is -3.33. The van der Waals surface area contributed by atoms with Crippen LogP contribution in [0.4, 0.5) is 0 Å². The van der Waals surface area contributed by atoms with Crippen LogP contribution in [-0.4, -0.2) is 62.0 Å². The second kappa shape index (κ2) is 9.61. The molecule has 4 aromatic heterocycles. The molecule has 1 saturated heterocycles. The molecule has 0 saturated carbocycles. The fourth-order valence-corrected chi connectivity index (χ4v) is 4.97. The lowest BCUT2D eigenvalue weighted by molar-refractivity contribution is 0.0996. The first kappa shape index (κ1) is 24.4. The molecule has 1 unspecified atom stereocenters. The molecule has 36 heavy (non-hydrogen) atoms. The van der Waals surface area contributed by atoms with E-state index < -0.39 is 17.3 Å². The lowest BCUT2D eigenvalue weighted by atomic mass is 10.0. The maximum absolute atomic E-state index is 13.2. The molecule has 3 atom stereocenters. The van der Waals surface area contributed by atoms with E-state index in [1.54, 1.807) is 25.0 Å². The van der Waals surface area contributed by atoms with Crippen molar-refractivity contribution >= 4 is 40.0 Å². The zero-order valence-corrected chi connectivity index (χ0v) is 21.2. The SMILES string of the molecule is C[C@H](C[C@H]1COS(=O)O1)Cn1/c(=N/C(=O)c2cc(Cl)nc(-c3cnn(C)c3O)c2)[nH]c2cn(C)nc21. The molecular formula is C21H23ClN8O5S. The highest BCUT2D eigenvalue weighted by Gasteiger charge is 2.26. The second-order valence-electron chi connectivity index (χ2n) is 8.63. The summed E-state index contributed by atoms with van der Waals surface area (Å²) in [4.78, 5) is 24.9. The van der Waals surface area contributed by atoms with Crippen LogP contribution in [0.15, 0.2) is 29.5 Å². The fraction of sp³-hybridized carbons (Fsp3) is 0.381. The molecule has 0 aromatic carbocycles. The number of fused-ring (bicyclic) bond motifs is 1. The summed E-state index contributed by atoms with van der Waals surface area (Å²) in [6.45, 7) is 2.75. The molecule has 0 bridgehead atoms. The summed E-state index contributed by atoms with van der Waals surface area (Å²) >= 11 is 4.47. The van der Waals surface area contributed by atoms with Gasteiger partial charge in [-0.3, -0.25) is 22.4 Å². The number of aryl methyl sites for hydroxylation is 2. The van der Waals surface area contributed by atoms with Crippen LogP contribution in [0, 0.1) is 5.92 Å². The number of nitrogens with zero attached hydrogens (tertiary/aromatic N) is 7. The number of aromatic hydroxyl groups is 1. The monoisotopic (exact) mass is 534 g/mol. The van der Waals surface area contributed by atoms with Crippen molar-refractivity contribution in [2.45, 2.75) is 26.0 Å². The predicted octanol–water partition coefficient (Wildman–Crippen LogP) is 1.62. The quantitative estimate of drug-likeness (QED) is 0.354. The van der Waals surface area contributed by atoms with Crippen LogP contribution in [-0.2, 0) is 40.4 Å². The zero-order valence-electron chi connectivity index (χ0n) is 19.6. The molecule has 1 fully saturated rings. The Labute approximate surface area is 212 Å². The molecular weight excluding hydrogens is 512 g/mol. The van der Waals surface area contributed by atoms with Crippen LogP contribution < -0.4 is 5.62 Å². The average Bonchev–Trinajstić information content (AvgIpc) is 3.55. The number of hydrogen-bond donors (Lipinski definition) is 2. The highest BCUT2D eigenvalue weighted by molar-refractivity contribution is 7.75. The van der Waals surface area contributed by atoms with E-state index in [0.717, 1.165) is 0 Å². The molecule has 0 radical (unpaired) electrons. The molecule has 0 aliphatic carbocycles. The number of carbonyl (C=O) groups excluding carboxylic acids is 1. The van der Waals surface area contributed by atoms with Gasteiger partial charge in [-0.1, -0.05) is 18.5 Å². The summed E-state index contributed by atoms with van der Waals surface area (Å²) in [5.41, 5.74) is 2.49. The van der Waals surface area contributed by atoms with E-state index in [1.807, 2.05) is 11.5 Å². The van der Waals surface area contributed by atoms with E-state index in [4.69, 9.17) is 20.0 Å². The lowest BCUT2D eigenvalue weighted by Gasteiger charge is -2.14. The molecule has 4 aromatic rings. The van der Waals surface area contributed by atoms with Gasteiger partial charge in [0.2, 0.25) is 11.5 Å². The van der Waals surface area contributed by atoms with Crippen molar-refractivity contribution in [1.29, 1.82) is 0 Å². The number of carbonyl (C=O) groups is 1. The number of rotatable bonds is 6. The molecule has 0 spiro atoms. The Morgan fingerprint density at radius 1 is 1.42 bits per heavy atom. The molecule has 5 heterocycles. The van der Waals surface area contributed by atoms with Crippen molar-refractivity contribution in [3.8, 4) is 17.1 Å². The van der Waals surface area contributed by atoms with E-state index >= 15 is 0 Å². The molecule has 1 amide bonds. The summed E-state index contributed by atoms with van der Waals surface area (Å²) in [6.07, 6.45) is 3.56. The summed E-state index contributed by atoms with van der Waals surface area (Å²) < 4.78 is 26.4. The Morgan fingerprint density at radius 2 is 2.22 bits per heavy atom. The van der Waals surface area contributed by atoms with Gasteiger partial charge >= 0.3 is 11.4 Å². The summed E-state index contributed by atoms with van der Waals surface area (Å²) in [7, 11) is 3.39. The van der Waals surface area contributed by atoms with E-state index in [9.17, 15) is 14.1 Å². The van der Waals surface area contributed by atoms with E-state index in [0.29, 0.717) is 41.0 Å². The van der Waals surface area contributed by atoms with E-state index in [-0.39, 0.29) is 35.2 Å². The number of hydrogen-bond acceptors (Lipinski definition) is 8. The van der Waals surface area contributed by atoms with E-state index in [1.165, 1.54) is 23.0 Å². The summed E-state index contributed by atoms with van der Waals surface area (Å²) in [6, 6.07) is 2.91. The third kappa shape index (κ3) is 4.84. The number of pyridine rings is 1. The van der Waals surface area contributed by atoms with Gasteiger partial charge in [-0.15, -0.1) is 0 Å². The van der Waals surface area contributed by atoms with Gasteiger partial charge in [0, 0.05) is 26.2 Å². The Balaban J connectivity index is 1.48. The average molecular weight is 535 g/mol. The zero-order chi connectivity index (χ0) is 25.6. The molecule has 1 aliphatic rings. The standard InChI is InChI=1S/C21H23ClN8O5S/c1-11(4-13-10-34-36(33)35-13)8-30-18-16(9-28(2)27-18)25-21(30)26-19(31)12-5-15(24-17(22)6-12)14-7-23-29(3)20(14)32/h5-7,9,11,13,32H,4,8,10H2,1-3H3,(H,25,26,31)/t11-,13+,36?/m1/s1. The highest BCUT2D eigenvalue weighted by atomic mass is 35.5. The highest BCUT2D eigenvalue weighted by Crippen LogP contribution is 2.29. The van der Waals surface area contributed by atoms with Crippen LogP contribution in [0.1, 0.15) is 23.7 Å². The molecule has 1 aliphatic heterocycles.